The number of fused-ring (bicyclic) bond motifs is 3. The molecule has 0 aliphatic rings. The monoisotopic (exact) mass is 302 g/mol. The number of furan rings is 2. The van der Waals surface area contributed by atoms with Crippen LogP contribution >= 0.6 is 0 Å². The van der Waals surface area contributed by atoms with Gasteiger partial charge in [0.2, 0.25) is 0 Å². The molecule has 3 rings (SSSR count). The summed E-state index contributed by atoms with van der Waals surface area (Å²) in [5, 5.41) is 3.22. The highest BCUT2D eigenvalue weighted by atomic mass is 28.3. The van der Waals surface area contributed by atoms with Crippen LogP contribution in [0.4, 0.5) is 0 Å². The Labute approximate surface area is 123 Å². The van der Waals surface area contributed by atoms with Crippen molar-refractivity contribution < 1.29 is 18.4 Å². The van der Waals surface area contributed by atoms with Crippen molar-refractivity contribution in [3.05, 3.63) is 29.7 Å². The van der Waals surface area contributed by atoms with Crippen molar-refractivity contribution in [3.8, 4) is 0 Å². The van der Waals surface area contributed by atoms with E-state index >= 15 is 0 Å². The molecule has 4 nitrogen and oxygen atoms in total. The van der Waals surface area contributed by atoms with E-state index in [1.54, 1.807) is 12.3 Å². The highest BCUT2D eigenvalue weighted by Gasteiger charge is 2.29. The van der Waals surface area contributed by atoms with Gasteiger partial charge in [-0.25, -0.2) is 4.79 Å². The predicted molar refractivity (Wildman–Crippen MR) is 85.0 cm³/mol. The van der Waals surface area contributed by atoms with E-state index in [1.165, 1.54) is 12.3 Å². The largest absolute Gasteiger partial charge is 0.465 e. The van der Waals surface area contributed by atoms with E-state index in [9.17, 15) is 4.79 Å². The third-order valence-corrected chi connectivity index (χ3v) is 5.83. The first kappa shape index (κ1) is 13.9. The van der Waals surface area contributed by atoms with Gasteiger partial charge in [0.25, 0.3) is 0 Å². The molecule has 2 heterocycles. The molecule has 0 unspecified atom stereocenters. The molecule has 110 valence electrons. The average molecular weight is 302 g/mol. The van der Waals surface area contributed by atoms with Crippen molar-refractivity contribution in [2.75, 3.05) is 7.11 Å². The van der Waals surface area contributed by atoms with E-state index in [0.717, 1.165) is 16.5 Å². The molecule has 1 aromatic carbocycles. The van der Waals surface area contributed by atoms with Crippen LogP contribution in [0.2, 0.25) is 19.6 Å². The summed E-state index contributed by atoms with van der Waals surface area (Å²) in [5.74, 6) is 0.470. The van der Waals surface area contributed by atoms with Gasteiger partial charge in [0.05, 0.1) is 21.4 Å². The molecule has 0 aliphatic carbocycles. The second-order valence-electron chi connectivity index (χ2n) is 6.24. The summed E-state index contributed by atoms with van der Waals surface area (Å²) in [6, 6.07) is 3.62. The Morgan fingerprint density at radius 3 is 2.62 bits per heavy atom. The lowest BCUT2D eigenvalue weighted by atomic mass is 10.1. The Morgan fingerprint density at radius 1 is 1.29 bits per heavy atom. The van der Waals surface area contributed by atoms with Crippen LogP contribution < -0.4 is 5.19 Å². The number of esters is 1. The normalized spacial score (nSPS) is 12.2. The smallest absolute Gasteiger partial charge is 0.341 e. The number of ether oxygens (including phenoxy) is 1. The molecule has 0 saturated heterocycles. The number of hydrogen-bond acceptors (Lipinski definition) is 4. The topological polar surface area (TPSA) is 52.6 Å². The quantitative estimate of drug-likeness (QED) is 0.533. The molecular weight excluding hydrogens is 284 g/mol. The first-order valence-electron chi connectivity index (χ1n) is 6.86. The van der Waals surface area contributed by atoms with Crippen LogP contribution in [0.5, 0.6) is 0 Å². The summed E-state index contributed by atoms with van der Waals surface area (Å²) >= 11 is 0. The van der Waals surface area contributed by atoms with Gasteiger partial charge in [0.1, 0.15) is 22.5 Å². The molecule has 3 aromatic rings. The van der Waals surface area contributed by atoms with Crippen molar-refractivity contribution in [2.24, 2.45) is 0 Å². The van der Waals surface area contributed by atoms with Crippen molar-refractivity contribution in [1.82, 2.24) is 0 Å². The van der Waals surface area contributed by atoms with Gasteiger partial charge >= 0.3 is 5.97 Å². The Balaban J connectivity index is 2.54. The zero-order valence-corrected chi connectivity index (χ0v) is 13.9. The van der Waals surface area contributed by atoms with Crippen LogP contribution in [0.3, 0.4) is 0 Å². The number of hydrogen-bond donors (Lipinski definition) is 0. The molecule has 0 radical (unpaired) electrons. The maximum Gasteiger partial charge on any atom is 0.341 e. The van der Waals surface area contributed by atoms with E-state index in [-0.39, 0.29) is 0 Å². The molecule has 0 aliphatic heterocycles. The zero-order chi connectivity index (χ0) is 15.4. The molecule has 21 heavy (non-hydrogen) atoms. The Morgan fingerprint density at radius 2 is 2.00 bits per heavy atom. The number of benzene rings is 1. The number of carbonyl (C=O) groups excluding carboxylic acids is 1. The van der Waals surface area contributed by atoms with Crippen molar-refractivity contribution in [3.63, 3.8) is 0 Å². The molecule has 0 spiro atoms. The van der Waals surface area contributed by atoms with E-state index in [0.29, 0.717) is 16.7 Å². The summed E-state index contributed by atoms with van der Waals surface area (Å²) in [5.41, 5.74) is 1.71. The fraction of sp³-hybridized carbons (Fsp3) is 0.312. The number of aryl methyl sites for hydroxylation is 1. The highest BCUT2D eigenvalue weighted by Crippen LogP contribution is 2.32. The van der Waals surface area contributed by atoms with Gasteiger partial charge in [-0.1, -0.05) is 19.6 Å². The molecule has 0 N–H and O–H groups in total. The molecule has 0 amide bonds. The lowest BCUT2D eigenvalue weighted by molar-refractivity contribution is 0.0601. The van der Waals surface area contributed by atoms with Gasteiger partial charge in [0, 0.05) is 10.8 Å². The van der Waals surface area contributed by atoms with Crippen LogP contribution in [0.1, 0.15) is 16.1 Å². The van der Waals surface area contributed by atoms with E-state index in [2.05, 4.69) is 19.6 Å². The first-order valence-corrected chi connectivity index (χ1v) is 10.4. The standard InChI is InChI=1S/C16H18O4Si/c1-9-15(21(3,4)5)13-10-6-7-19-12(10)8-11(14(13)20-9)16(17)18-2/h6-8H,1-5H3. The second kappa shape index (κ2) is 4.49. The molecule has 0 fully saturated rings. The molecule has 0 bridgehead atoms. The Hall–Kier alpha value is -2.01. The molecule has 0 atom stereocenters. The fourth-order valence-corrected chi connectivity index (χ4v) is 5.10. The molecule has 2 aromatic heterocycles. The van der Waals surface area contributed by atoms with Crippen LogP contribution in [0, 0.1) is 6.92 Å². The van der Waals surface area contributed by atoms with Crippen LogP contribution in [-0.4, -0.2) is 21.2 Å². The van der Waals surface area contributed by atoms with E-state index < -0.39 is 14.0 Å². The lowest BCUT2D eigenvalue weighted by Crippen LogP contribution is -2.38. The number of methoxy groups -OCH3 is 1. The number of carbonyl (C=O) groups is 1. The van der Waals surface area contributed by atoms with Gasteiger partial charge in [-0.3, -0.25) is 0 Å². The molecule has 0 saturated carbocycles. The Bertz CT molecular complexity index is 849. The second-order valence-corrected chi connectivity index (χ2v) is 11.2. The van der Waals surface area contributed by atoms with Crippen molar-refractivity contribution >= 4 is 41.2 Å². The SMILES string of the molecule is COC(=O)c1cc2occc2c2c([Si](C)(C)C)c(C)oc12. The van der Waals surface area contributed by atoms with Crippen molar-refractivity contribution in [1.29, 1.82) is 0 Å². The van der Waals surface area contributed by atoms with Gasteiger partial charge < -0.3 is 13.6 Å². The summed E-state index contributed by atoms with van der Waals surface area (Å²) in [6.45, 7) is 8.75. The summed E-state index contributed by atoms with van der Waals surface area (Å²) < 4.78 is 16.3. The number of rotatable bonds is 2. The summed E-state index contributed by atoms with van der Waals surface area (Å²) in [7, 11) is -0.265. The Kier molecular flexibility index (Phi) is 2.98. The maximum atomic E-state index is 12.1. The van der Waals surface area contributed by atoms with Gasteiger partial charge in [-0.15, -0.1) is 0 Å². The molecule has 5 heteroatoms. The first-order chi connectivity index (χ1) is 9.84. The van der Waals surface area contributed by atoms with Gasteiger partial charge in [0.15, 0.2) is 0 Å². The minimum atomic E-state index is -1.64. The lowest BCUT2D eigenvalue weighted by Gasteiger charge is -2.16. The van der Waals surface area contributed by atoms with Crippen molar-refractivity contribution in [2.45, 2.75) is 26.6 Å². The third kappa shape index (κ3) is 2.00. The predicted octanol–water partition coefficient (Wildman–Crippen LogP) is 3.82. The summed E-state index contributed by atoms with van der Waals surface area (Å²) in [6.07, 6.45) is 1.64. The summed E-state index contributed by atoms with van der Waals surface area (Å²) in [4.78, 5) is 12.1. The van der Waals surface area contributed by atoms with Crippen LogP contribution in [-0.2, 0) is 4.74 Å². The van der Waals surface area contributed by atoms with Crippen LogP contribution in [0.25, 0.3) is 21.9 Å². The fourth-order valence-electron chi connectivity index (χ4n) is 2.99. The minimum absolute atomic E-state index is 0.408. The zero-order valence-electron chi connectivity index (χ0n) is 12.9. The minimum Gasteiger partial charge on any atom is -0.465 e. The van der Waals surface area contributed by atoms with Crippen LogP contribution in [0.15, 0.2) is 27.2 Å². The van der Waals surface area contributed by atoms with Gasteiger partial charge in [-0.05, 0) is 24.2 Å². The maximum absolute atomic E-state index is 12.1. The van der Waals surface area contributed by atoms with E-state index in [1.807, 2.05) is 13.0 Å². The van der Waals surface area contributed by atoms with Gasteiger partial charge in [-0.2, -0.15) is 0 Å². The highest BCUT2D eigenvalue weighted by molar-refractivity contribution is 6.91. The van der Waals surface area contributed by atoms with E-state index in [4.69, 9.17) is 13.6 Å². The third-order valence-electron chi connectivity index (χ3n) is 3.72. The average Bonchev–Trinajstić information content (AvgIpc) is 2.98. The molecular formula is C16H18O4Si.